The van der Waals surface area contributed by atoms with Crippen LogP contribution in [0.3, 0.4) is 0 Å². The predicted octanol–water partition coefficient (Wildman–Crippen LogP) is 5.84. The lowest BCUT2D eigenvalue weighted by atomic mass is 9.94. The molecule has 2 heterocycles. The van der Waals surface area contributed by atoms with Crippen molar-refractivity contribution in [3.8, 4) is 17.2 Å². The molecule has 0 saturated carbocycles. The molecule has 0 bridgehead atoms. The normalized spacial score (nSPS) is 14.4. The van der Waals surface area contributed by atoms with Gasteiger partial charge in [-0.3, -0.25) is 4.79 Å². The van der Waals surface area contributed by atoms with E-state index in [1.54, 1.807) is 54.3 Å². The third-order valence-corrected chi connectivity index (χ3v) is 7.69. The highest BCUT2D eigenvalue weighted by molar-refractivity contribution is 7.98. The molecule has 9 nitrogen and oxygen atoms in total. The number of amides is 1. The average Bonchev–Trinajstić information content (AvgIpc) is 3.34. The van der Waals surface area contributed by atoms with E-state index in [1.807, 2.05) is 6.92 Å². The van der Waals surface area contributed by atoms with E-state index >= 15 is 0 Å². The Morgan fingerprint density at radius 1 is 1.05 bits per heavy atom. The fourth-order valence-corrected chi connectivity index (χ4v) is 5.59. The van der Waals surface area contributed by atoms with Gasteiger partial charge in [-0.05, 0) is 73.9 Å². The molecule has 40 heavy (non-hydrogen) atoms. The lowest BCUT2D eigenvalue weighted by Gasteiger charge is -2.29. The first-order valence-corrected chi connectivity index (χ1v) is 13.7. The van der Waals surface area contributed by atoms with Crippen LogP contribution in [0, 0.1) is 13.8 Å². The van der Waals surface area contributed by atoms with Crippen LogP contribution < -0.4 is 20.1 Å². The summed E-state index contributed by atoms with van der Waals surface area (Å²) in [4.78, 5) is 18.5. The van der Waals surface area contributed by atoms with Crippen molar-refractivity contribution in [3.05, 3.63) is 94.2 Å². The summed E-state index contributed by atoms with van der Waals surface area (Å²) >= 11 is 1.53. The Balaban J connectivity index is 1.50. The molecule has 1 aliphatic heterocycles. The standard InChI is InChI=1S/C30H31N5O4S/c1-17-6-7-21(18(2)14-17)16-40-30-33-29-31-19(3)26(28(37)32-22-9-11-23(38-4)12-10-22)27(35(29)34-30)20-8-13-24(36)25(15-20)39-5/h6-15,27,36H,16H2,1-5H3,(H,32,37)(H,31,33,34)/t27-/m1/s1. The quantitative estimate of drug-likeness (QED) is 0.232. The molecule has 0 spiro atoms. The van der Waals surface area contributed by atoms with Crippen molar-refractivity contribution in [2.75, 3.05) is 24.9 Å². The minimum absolute atomic E-state index is 0.00801. The number of hydrogen-bond acceptors (Lipinski definition) is 8. The first-order chi connectivity index (χ1) is 19.3. The van der Waals surface area contributed by atoms with E-state index in [9.17, 15) is 9.90 Å². The van der Waals surface area contributed by atoms with Gasteiger partial charge in [0.05, 0.1) is 19.8 Å². The first kappa shape index (κ1) is 27.1. The number of hydrogen-bond donors (Lipinski definition) is 3. The Hall–Kier alpha value is -4.44. The van der Waals surface area contributed by atoms with Crippen LogP contribution in [0.15, 0.2) is 77.1 Å². The van der Waals surface area contributed by atoms with Gasteiger partial charge < -0.3 is 25.2 Å². The molecular formula is C30H31N5O4S. The number of anilines is 2. The molecule has 10 heteroatoms. The maximum absolute atomic E-state index is 13.7. The number of aromatic hydroxyl groups is 1. The predicted molar refractivity (Wildman–Crippen MR) is 156 cm³/mol. The number of ether oxygens (including phenoxy) is 2. The zero-order valence-corrected chi connectivity index (χ0v) is 23.8. The summed E-state index contributed by atoms with van der Waals surface area (Å²) in [6.45, 7) is 6.02. The maximum atomic E-state index is 13.7. The number of nitrogens with zero attached hydrogens (tertiary/aromatic N) is 3. The molecule has 1 aromatic heterocycles. The van der Waals surface area contributed by atoms with E-state index in [-0.39, 0.29) is 11.7 Å². The van der Waals surface area contributed by atoms with Gasteiger partial charge in [0.1, 0.15) is 11.8 Å². The number of nitrogens with one attached hydrogen (secondary N) is 2. The van der Waals surface area contributed by atoms with Crippen LogP contribution in [0.4, 0.5) is 11.6 Å². The summed E-state index contributed by atoms with van der Waals surface area (Å²) < 4.78 is 12.3. The van der Waals surface area contributed by atoms with Gasteiger partial charge in [0.15, 0.2) is 11.5 Å². The third-order valence-electron chi connectivity index (χ3n) is 6.80. The van der Waals surface area contributed by atoms with E-state index in [1.165, 1.54) is 35.6 Å². The van der Waals surface area contributed by atoms with E-state index in [4.69, 9.17) is 19.6 Å². The van der Waals surface area contributed by atoms with Crippen molar-refractivity contribution in [1.29, 1.82) is 0 Å². The number of thioether (sulfide) groups is 1. The van der Waals surface area contributed by atoms with Crippen molar-refractivity contribution < 1.29 is 19.4 Å². The second-order valence-corrected chi connectivity index (χ2v) is 10.5. The van der Waals surface area contributed by atoms with Gasteiger partial charge in [-0.2, -0.15) is 4.98 Å². The number of aromatic nitrogens is 3. The van der Waals surface area contributed by atoms with E-state index < -0.39 is 6.04 Å². The van der Waals surface area contributed by atoms with Crippen molar-refractivity contribution in [1.82, 2.24) is 14.8 Å². The summed E-state index contributed by atoms with van der Waals surface area (Å²) in [5.74, 6) is 1.95. The number of benzene rings is 3. The molecule has 0 saturated heterocycles. The minimum Gasteiger partial charge on any atom is -0.504 e. The van der Waals surface area contributed by atoms with Crippen LogP contribution in [0.25, 0.3) is 0 Å². The van der Waals surface area contributed by atoms with E-state index in [0.717, 1.165) is 0 Å². The van der Waals surface area contributed by atoms with Crippen LogP contribution in [-0.4, -0.2) is 40.0 Å². The van der Waals surface area contributed by atoms with Crippen molar-refractivity contribution in [3.63, 3.8) is 0 Å². The monoisotopic (exact) mass is 557 g/mol. The Morgan fingerprint density at radius 2 is 1.82 bits per heavy atom. The third kappa shape index (κ3) is 5.48. The second-order valence-electron chi connectivity index (χ2n) is 9.56. The van der Waals surface area contributed by atoms with E-state index in [2.05, 4.69) is 42.7 Å². The van der Waals surface area contributed by atoms with Gasteiger partial charge in [0, 0.05) is 17.1 Å². The van der Waals surface area contributed by atoms with Crippen molar-refractivity contribution in [2.24, 2.45) is 0 Å². The highest BCUT2D eigenvalue weighted by Crippen LogP contribution is 2.40. The van der Waals surface area contributed by atoms with Gasteiger partial charge in [-0.25, -0.2) is 4.68 Å². The Morgan fingerprint density at radius 3 is 2.52 bits per heavy atom. The lowest BCUT2D eigenvalue weighted by molar-refractivity contribution is -0.113. The topological polar surface area (TPSA) is 111 Å². The molecule has 3 N–H and O–H groups in total. The fourth-order valence-electron chi connectivity index (χ4n) is 4.68. The molecule has 4 aromatic rings. The molecular weight excluding hydrogens is 526 g/mol. The van der Waals surface area contributed by atoms with Gasteiger partial charge in [-0.15, -0.1) is 5.10 Å². The largest absolute Gasteiger partial charge is 0.504 e. The lowest BCUT2D eigenvalue weighted by Crippen LogP contribution is -2.31. The van der Waals surface area contributed by atoms with Gasteiger partial charge in [0.2, 0.25) is 11.1 Å². The molecule has 0 aliphatic carbocycles. The van der Waals surface area contributed by atoms with Crippen molar-refractivity contribution in [2.45, 2.75) is 37.7 Å². The summed E-state index contributed by atoms with van der Waals surface area (Å²) in [5, 5.41) is 21.9. The zero-order valence-electron chi connectivity index (χ0n) is 23.0. The first-order valence-electron chi connectivity index (χ1n) is 12.7. The molecule has 3 aromatic carbocycles. The SMILES string of the molecule is COc1ccc(NC(=O)C2=C(C)Nc3nc(SCc4ccc(C)cc4C)nn3[C@@H]2c2ccc(O)c(OC)c2)cc1. The Labute approximate surface area is 237 Å². The average molecular weight is 558 g/mol. The van der Waals surface area contributed by atoms with Crippen LogP contribution >= 0.6 is 11.8 Å². The smallest absolute Gasteiger partial charge is 0.255 e. The molecule has 5 rings (SSSR count). The number of carbonyl (C=O) groups excluding carboxylic acids is 1. The number of methoxy groups -OCH3 is 2. The number of aryl methyl sites for hydroxylation is 2. The molecule has 0 radical (unpaired) electrons. The fraction of sp³-hybridized carbons (Fsp3) is 0.233. The molecule has 0 fully saturated rings. The summed E-state index contributed by atoms with van der Waals surface area (Å²) in [6.07, 6.45) is 0. The zero-order chi connectivity index (χ0) is 28.4. The van der Waals surface area contributed by atoms with E-state index in [0.29, 0.717) is 50.9 Å². The molecule has 1 atom stereocenters. The molecule has 206 valence electrons. The number of carbonyl (C=O) groups is 1. The van der Waals surface area contributed by atoms with Crippen LogP contribution in [-0.2, 0) is 10.5 Å². The van der Waals surface area contributed by atoms with Crippen LogP contribution in [0.5, 0.6) is 17.2 Å². The van der Waals surface area contributed by atoms with Gasteiger partial charge in [0.25, 0.3) is 5.91 Å². The summed E-state index contributed by atoms with van der Waals surface area (Å²) in [7, 11) is 3.08. The molecule has 0 unspecified atom stereocenters. The number of rotatable bonds is 8. The van der Waals surface area contributed by atoms with Crippen LogP contribution in [0.2, 0.25) is 0 Å². The number of phenolic OH excluding ortho intramolecular Hbond substituents is 1. The number of phenols is 1. The van der Waals surface area contributed by atoms with Gasteiger partial charge >= 0.3 is 0 Å². The highest BCUT2D eigenvalue weighted by atomic mass is 32.2. The minimum atomic E-state index is -0.619. The molecule has 1 amide bonds. The Bertz CT molecular complexity index is 1600. The van der Waals surface area contributed by atoms with Crippen LogP contribution in [0.1, 0.15) is 35.2 Å². The second kappa shape index (κ2) is 11.4. The van der Waals surface area contributed by atoms with Gasteiger partial charge in [-0.1, -0.05) is 41.6 Å². The van der Waals surface area contributed by atoms with Crippen molar-refractivity contribution >= 4 is 29.3 Å². The number of allylic oxidation sites excluding steroid dienone is 1. The Kier molecular flexibility index (Phi) is 7.70. The molecule has 1 aliphatic rings. The maximum Gasteiger partial charge on any atom is 0.255 e. The summed E-state index contributed by atoms with van der Waals surface area (Å²) in [6, 6.07) is 17.9. The summed E-state index contributed by atoms with van der Waals surface area (Å²) in [5.41, 5.74) is 6.11. The highest BCUT2D eigenvalue weighted by Gasteiger charge is 2.35. The number of fused-ring (bicyclic) bond motifs is 1.